The van der Waals surface area contributed by atoms with Crippen LogP contribution in [-0.4, -0.2) is 4.98 Å². The van der Waals surface area contributed by atoms with Gasteiger partial charge in [-0.05, 0) is 40.8 Å². The largest absolute Gasteiger partial charge is 0.264 e. The second-order valence-corrected chi connectivity index (χ2v) is 3.82. The second kappa shape index (κ2) is 3.06. The van der Waals surface area contributed by atoms with Gasteiger partial charge in [0.15, 0.2) is 0 Å². The van der Waals surface area contributed by atoms with Crippen molar-refractivity contribution in [2.75, 3.05) is 0 Å². The molecular formula is C14H11N. The van der Waals surface area contributed by atoms with Crippen LogP contribution in [0.4, 0.5) is 0 Å². The van der Waals surface area contributed by atoms with Crippen LogP contribution in [0.2, 0.25) is 0 Å². The molecule has 3 rings (SSSR count). The Balaban J connectivity index is 2.60. The summed E-state index contributed by atoms with van der Waals surface area (Å²) in [6.07, 6.45) is 3.78. The summed E-state index contributed by atoms with van der Waals surface area (Å²) in [6.45, 7) is 2.17. The molecule has 0 saturated heterocycles. The van der Waals surface area contributed by atoms with Gasteiger partial charge in [0, 0.05) is 17.8 Å². The van der Waals surface area contributed by atoms with E-state index in [0.29, 0.717) is 0 Å². The minimum absolute atomic E-state index is 1.22. The molecule has 0 atom stereocenters. The zero-order valence-corrected chi connectivity index (χ0v) is 8.57. The third kappa shape index (κ3) is 1.20. The number of aryl methyl sites for hydroxylation is 1. The predicted octanol–water partition coefficient (Wildman–Crippen LogP) is 3.70. The van der Waals surface area contributed by atoms with Crippen LogP contribution in [-0.2, 0) is 0 Å². The molecule has 3 aromatic rings. The molecule has 1 nitrogen and oxygen atoms in total. The van der Waals surface area contributed by atoms with Crippen molar-refractivity contribution in [2.24, 2.45) is 0 Å². The van der Waals surface area contributed by atoms with Gasteiger partial charge in [-0.25, -0.2) is 0 Å². The highest BCUT2D eigenvalue weighted by atomic mass is 14.6. The molecule has 1 heteroatoms. The standard InChI is InChI=1S/C14H11N/c1-10-13-5-3-2-4-11(13)8-12-9-15-7-6-14(10)12/h2-9H,1H3. The van der Waals surface area contributed by atoms with E-state index in [4.69, 9.17) is 0 Å². The van der Waals surface area contributed by atoms with Crippen molar-refractivity contribution in [2.45, 2.75) is 6.92 Å². The van der Waals surface area contributed by atoms with E-state index >= 15 is 0 Å². The summed E-state index contributed by atoms with van der Waals surface area (Å²) in [5, 5.41) is 5.13. The number of fused-ring (bicyclic) bond motifs is 2. The third-order valence-electron chi connectivity index (χ3n) is 2.93. The molecule has 0 bridgehead atoms. The van der Waals surface area contributed by atoms with Crippen molar-refractivity contribution in [3.8, 4) is 0 Å². The monoisotopic (exact) mass is 193 g/mol. The Kier molecular flexibility index (Phi) is 1.72. The molecule has 0 saturated carbocycles. The van der Waals surface area contributed by atoms with Gasteiger partial charge < -0.3 is 0 Å². The van der Waals surface area contributed by atoms with Crippen LogP contribution in [0.3, 0.4) is 0 Å². The van der Waals surface area contributed by atoms with E-state index in [1.54, 1.807) is 0 Å². The van der Waals surface area contributed by atoms with E-state index in [-0.39, 0.29) is 0 Å². The Morgan fingerprint density at radius 3 is 2.67 bits per heavy atom. The predicted molar refractivity (Wildman–Crippen MR) is 64.0 cm³/mol. The summed E-state index contributed by atoms with van der Waals surface area (Å²) < 4.78 is 0. The maximum atomic E-state index is 4.16. The van der Waals surface area contributed by atoms with E-state index in [1.807, 2.05) is 12.4 Å². The SMILES string of the molecule is Cc1c2ccccc2cc2cnccc12. The Labute approximate surface area is 88.4 Å². The quantitative estimate of drug-likeness (QED) is 0.496. The van der Waals surface area contributed by atoms with Crippen molar-refractivity contribution in [3.05, 3.63) is 54.4 Å². The maximum absolute atomic E-state index is 4.16. The van der Waals surface area contributed by atoms with E-state index in [0.717, 1.165) is 0 Å². The van der Waals surface area contributed by atoms with Crippen LogP contribution in [0, 0.1) is 6.92 Å². The van der Waals surface area contributed by atoms with Gasteiger partial charge in [0.05, 0.1) is 0 Å². The summed E-state index contributed by atoms with van der Waals surface area (Å²) in [6, 6.07) is 12.8. The zero-order valence-electron chi connectivity index (χ0n) is 8.57. The van der Waals surface area contributed by atoms with Crippen molar-refractivity contribution in [1.29, 1.82) is 0 Å². The molecule has 0 aliphatic heterocycles. The van der Waals surface area contributed by atoms with E-state index in [9.17, 15) is 0 Å². The average Bonchev–Trinajstić information content (AvgIpc) is 2.30. The number of benzene rings is 2. The molecule has 0 radical (unpaired) electrons. The molecular weight excluding hydrogens is 182 g/mol. The highest BCUT2D eigenvalue weighted by molar-refractivity contribution is 6.01. The number of rotatable bonds is 0. The fourth-order valence-corrected chi connectivity index (χ4v) is 2.14. The molecule has 0 N–H and O–H groups in total. The molecule has 0 amide bonds. The fraction of sp³-hybridized carbons (Fsp3) is 0.0714. The highest BCUT2D eigenvalue weighted by Gasteiger charge is 2.02. The number of hydrogen-bond acceptors (Lipinski definition) is 1. The molecule has 0 unspecified atom stereocenters. The van der Waals surface area contributed by atoms with Gasteiger partial charge in [-0.2, -0.15) is 0 Å². The van der Waals surface area contributed by atoms with Crippen molar-refractivity contribution >= 4 is 21.5 Å². The van der Waals surface area contributed by atoms with Gasteiger partial charge in [-0.15, -0.1) is 0 Å². The van der Waals surface area contributed by atoms with Crippen molar-refractivity contribution in [3.63, 3.8) is 0 Å². The minimum atomic E-state index is 1.22. The first-order valence-electron chi connectivity index (χ1n) is 5.08. The Morgan fingerprint density at radius 2 is 1.73 bits per heavy atom. The third-order valence-corrected chi connectivity index (χ3v) is 2.93. The van der Waals surface area contributed by atoms with E-state index in [1.165, 1.54) is 27.1 Å². The summed E-state index contributed by atoms with van der Waals surface area (Å²) in [5.41, 5.74) is 1.34. The Morgan fingerprint density at radius 1 is 0.933 bits per heavy atom. The van der Waals surface area contributed by atoms with Gasteiger partial charge in [0.2, 0.25) is 0 Å². The van der Waals surface area contributed by atoms with Crippen LogP contribution in [0.1, 0.15) is 5.56 Å². The summed E-state index contributed by atoms with van der Waals surface area (Å²) in [7, 11) is 0. The molecule has 0 spiro atoms. The minimum Gasteiger partial charge on any atom is -0.264 e. The number of hydrogen-bond donors (Lipinski definition) is 0. The van der Waals surface area contributed by atoms with Crippen molar-refractivity contribution < 1.29 is 0 Å². The average molecular weight is 193 g/mol. The van der Waals surface area contributed by atoms with Gasteiger partial charge in [0.1, 0.15) is 0 Å². The highest BCUT2D eigenvalue weighted by Crippen LogP contribution is 2.26. The Bertz CT molecular complexity index is 587. The molecule has 0 fully saturated rings. The summed E-state index contributed by atoms with van der Waals surface area (Å²) >= 11 is 0. The van der Waals surface area contributed by atoms with Crippen molar-refractivity contribution in [1.82, 2.24) is 4.98 Å². The molecule has 1 aromatic heterocycles. The van der Waals surface area contributed by atoms with Gasteiger partial charge in [0.25, 0.3) is 0 Å². The molecule has 2 aromatic carbocycles. The summed E-state index contributed by atoms with van der Waals surface area (Å²) in [5.74, 6) is 0. The lowest BCUT2D eigenvalue weighted by Gasteiger charge is -2.06. The normalized spacial score (nSPS) is 11.0. The molecule has 1 heterocycles. The molecule has 0 aliphatic rings. The van der Waals surface area contributed by atoms with Crippen LogP contribution >= 0.6 is 0 Å². The number of pyridine rings is 1. The van der Waals surface area contributed by atoms with Gasteiger partial charge >= 0.3 is 0 Å². The molecule has 15 heavy (non-hydrogen) atoms. The maximum Gasteiger partial charge on any atom is 0.0346 e. The van der Waals surface area contributed by atoms with Gasteiger partial charge in [-0.1, -0.05) is 24.3 Å². The molecule has 72 valence electrons. The lowest BCUT2D eigenvalue weighted by molar-refractivity contribution is 1.36. The van der Waals surface area contributed by atoms with E-state index < -0.39 is 0 Å². The lowest BCUT2D eigenvalue weighted by atomic mass is 9.99. The number of aromatic nitrogens is 1. The first-order chi connectivity index (χ1) is 7.36. The van der Waals surface area contributed by atoms with Crippen LogP contribution in [0.25, 0.3) is 21.5 Å². The van der Waals surface area contributed by atoms with E-state index in [2.05, 4.69) is 48.3 Å². The van der Waals surface area contributed by atoms with Crippen LogP contribution < -0.4 is 0 Å². The fourth-order valence-electron chi connectivity index (χ4n) is 2.14. The topological polar surface area (TPSA) is 12.9 Å². The Hall–Kier alpha value is -1.89. The first-order valence-corrected chi connectivity index (χ1v) is 5.08. The lowest BCUT2D eigenvalue weighted by Crippen LogP contribution is -1.83. The second-order valence-electron chi connectivity index (χ2n) is 3.82. The van der Waals surface area contributed by atoms with Crippen LogP contribution in [0.5, 0.6) is 0 Å². The smallest absolute Gasteiger partial charge is 0.0346 e. The molecule has 0 aliphatic carbocycles. The number of nitrogens with zero attached hydrogens (tertiary/aromatic N) is 1. The van der Waals surface area contributed by atoms with Gasteiger partial charge in [-0.3, -0.25) is 4.98 Å². The van der Waals surface area contributed by atoms with Crippen LogP contribution in [0.15, 0.2) is 48.8 Å². The first kappa shape index (κ1) is 8.42. The summed E-state index contributed by atoms with van der Waals surface area (Å²) in [4.78, 5) is 4.16. The zero-order chi connectivity index (χ0) is 10.3.